The first kappa shape index (κ1) is 13.0. The van der Waals surface area contributed by atoms with Crippen LogP contribution in [0.3, 0.4) is 0 Å². The second kappa shape index (κ2) is 4.95. The molecule has 2 aliphatic rings. The van der Waals surface area contributed by atoms with Gasteiger partial charge in [-0.25, -0.2) is 0 Å². The minimum atomic E-state index is 0.0919. The van der Waals surface area contributed by atoms with Crippen LogP contribution in [-0.4, -0.2) is 23.2 Å². The highest BCUT2D eigenvalue weighted by molar-refractivity contribution is 5.54. The molecule has 2 fully saturated rings. The molecule has 1 aromatic heterocycles. The van der Waals surface area contributed by atoms with Crippen LogP contribution < -0.4 is 5.32 Å². The van der Waals surface area contributed by atoms with E-state index in [2.05, 4.69) is 41.7 Å². The van der Waals surface area contributed by atoms with Gasteiger partial charge in [0.1, 0.15) is 0 Å². The first-order valence-electron chi connectivity index (χ1n) is 7.96. The van der Waals surface area contributed by atoms with Crippen LogP contribution in [0.25, 0.3) is 11.4 Å². The van der Waals surface area contributed by atoms with Gasteiger partial charge >= 0.3 is 0 Å². The van der Waals surface area contributed by atoms with Gasteiger partial charge in [0.05, 0.1) is 5.41 Å². The van der Waals surface area contributed by atoms with Crippen molar-refractivity contribution in [2.45, 2.75) is 38.0 Å². The van der Waals surface area contributed by atoms with Crippen LogP contribution in [0.4, 0.5) is 0 Å². The Morgan fingerprint density at radius 3 is 3.00 bits per heavy atom. The summed E-state index contributed by atoms with van der Waals surface area (Å²) in [7, 11) is 0. The van der Waals surface area contributed by atoms with E-state index in [0.717, 1.165) is 36.8 Å². The number of hydrogen-bond acceptors (Lipinski definition) is 4. The maximum absolute atomic E-state index is 5.66. The molecule has 0 amide bonds. The van der Waals surface area contributed by atoms with E-state index in [1.165, 1.54) is 24.8 Å². The maximum Gasteiger partial charge on any atom is 0.234 e. The van der Waals surface area contributed by atoms with Crippen molar-refractivity contribution in [1.29, 1.82) is 0 Å². The van der Waals surface area contributed by atoms with Crippen molar-refractivity contribution < 1.29 is 4.52 Å². The molecule has 0 radical (unpaired) electrons. The van der Waals surface area contributed by atoms with Crippen LogP contribution in [0.15, 0.2) is 28.8 Å². The zero-order valence-electron chi connectivity index (χ0n) is 12.4. The molecule has 1 aliphatic heterocycles. The number of nitrogens with one attached hydrogen (secondary N) is 1. The molecule has 21 heavy (non-hydrogen) atoms. The van der Waals surface area contributed by atoms with E-state index in [0.29, 0.717) is 5.92 Å². The highest BCUT2D eigenvalue weighted by atomic mass is 16.5. The SMILES string of the molecule is CCc1ccc(-c2noc([C@@]34CCC[C@@H]3CNC4)n2)cc1. The Labute approximate surface area is 124 Å². The highest BCUT2D eigenvalue weighted by Crippen LogP contribution is 2.47. The first-order chi connectivity index (χ1) is 10.3. The molecule has 2 heterocycles. The summed E-state index contributed by atoms with van der Waals surface area (Å²) in [6.07, 6.45) is 4.76. The average Bonchev–Trinajstić information content (AvgIpc) is 3.21. The quantitative estimate of drug-likeness (QED) is 0.941. The van der Waals surface area contributed by atoms with Gasteiger partial charge in [0.15, 0.2) is 0 Å². The monoisotopic (exact) mass is 283 g/mol. The molecule has 1 saturated heterocycles. The molecule has 2 aromatic rings. The average molecular weight is 283 g/mol. The minimum Gasteiger partial charge on any atom is -0.338 e. The van der Waals surface area contributed by atoms with E-state index < -0.39 is 0 Å². The van der Waals surface area contributed by atoms with Crippen molar-refractivity contribution >= 4 is 0 Å². The molecular weight excluding hydrogens is 262 g/mol. The molecule has 4 heteroatoms. The van der Waals surface area contributed by atoms with Crippen molar-refractivity contribution in [1.82, 2.24) is 15.5 Å². The van der Waals surface area contributed by atoms with Crippen LogP contribution in [-0.2, 0) is 11.8 Å². The molecule has 2 atom stereocenters. The number of benzene rings is 1. The summed E-state index contributed by atoms with van der Waals surface area (Å²) in [6.45, 7) is 4.23. The van der Waals surface area contributed by atoms with Crippen molar-refractivity contribution in [3.05, 3.63) is 35.7 Å². The summed E-state index contributed by atoms with van der Waals surface area (Å²) in [5, 5.41) is 7.73. The molecule has 0 unspecified atom stereocenters. The Hall–Kier alpha value is -1.68. The van der Waals surface area contributed by atoms with E-state index in [1.807, 2.05) is 0 Å². The number of aryl methyl sites for hydroxylation is 1. The van der Waals surface area contributed by atoms with Crippen LogP contribution in [0.5, 0.6) is 0 Å². The molecule has 110 valence electrons. The van der Waals surface area contributed by atoms with Crippen LogP contribution in [0.2, 0.25) is 0 Å². The lowest BCUT2D eigenvalue weighted by Crippen LogP contribution is -2.31. The van der Waals surface area contributed by atoms with Crippen LogP contribution >= 0.6 is 0 Å². The number of fused-ring (bicyclic) bond motifs is 1. The van der Waals surface area contributed by atoms with Gasteiger partial charge in [0.2, 0.25) is 11.7 Å². The van der Waals surface area contributed by atoms with Gasteiger partial charge in [-0.1, -0.05) is 42.8 Å². The smallest absolute Gasteiger partial charge is 0.234 e. The normalized spacial score (nSPS) is 28.0. The Kier molecular flexibility index (Phi) is 3.07. The van der Waals surface area contributed by atoms with Gasteiger partial charge in [0.25, 0.3) is 0 Å². The standard InChI is InChI=1S/C17H21N3O/c1-2-12-5-7-13(8-6-12)15-19-16(21-20-15)17-9-3-4-14(17)10-18-11-17/h5-8,14,18H,2-4,9-11H2,1H3/t14-,17-/m1/s1. The van der Waals surface area contributed by atoms with E-state index in [1.54, 1.807) is 0 Å². The first-order valence-corrected chi connectivity index (χ1v) is 7.96. The van der Waals surface area contributed by atoms with Crippen LogP contribution in [0.1, 0.15) is 37.6 Å². The second-order valence-electron chi connectivity index (χ2n) is 6.35. The van der Waals surface area contributed by atoms with Gasteiger partial charge < -0.3 is 9.84 Å². The minimum absolute atomic E-state index is 0.0919. The molecule has 4 nitrogen and oxygen atoms in total. The van der Waals surface area contributed by atoms with E-state index in [-0.39, 0.29) is 5.41 Å². The molecule has 0 spiro atoms. The van der Waals surface area contributed by atoms with Gasteiger partial charge in [-0.2, -0.15) is 4.98 Å². The lowest BCUT2D eigenvalue weighted by atomic mass is 9.80. The topological polar surface area (TPSA) is 51.0 Å². The fourth-order valence-electron chi connectivity index (χ4n) is 3.93. The van der Waals surface area contributed by atoms with Crippen molar-refractivity contribution in [2.24, 2.45) is 5.92 Å². The summed E-state index contributed by atoms with van der Waals surface area (Å²) in [6, 6.07) is 8.45. The lowest BCUT2D eigenvalue weighted by molar-refractivity contribution is 0.265. The molecule has 1 saturated carbocycles. The Morgan fingerprint density at radius 1 is 1.33 bits per heavy atom. The summed E-state index contributed by atoms with van der Waals surface area (Å²) >= 11 is 0. The van der Waals surface area contributed by atoms with Crippen molar-refractivity contribution in [3.63, 3.8) is 0 Å². The van der Waals surface area contributed by atoms with Gasteiger partial charge in [0, 0.05) is 12.1 Å². The van der Waals surface area contributed by atoms with E-state index >= 15 is 0 Å². The maximum atomic E-state index is 5.66. The molecular formula is C17H21N3O. The fraction of sp³-hybridized carbons (Fsp3) is 0.529. The van der Waals surface area contributed by atoms with Gasteiger partial charge in [-0.15, -0.1) is 0 Å². The third-order valence-electron chi connectivity index (χ3n) is 5.26. The van der Waals surface area contributed by atoms with E-state index in [9.17, 15) is 0 Å². The Balaban J connectivity index is 1.66. The highest BCUT2D eigenvalue weighted by Gasteiger charge is 2.51. The number of aromatic nitrogens is 2. The predicted molar refractivity (Wildman–Crippen MR) is 81.0 cm³/mol. The van der Waals surface area contributed by atoms with Crippen LogP contribution in [0, 0.1) is 5.92 Å². The Morgan fingerprint density at radius 2 is 2.19 bits per heavy atom. The van der Waals surface area contributed by atoms with Gasteiger partial charge in [-0.3, -0.25) is 0 Å². The zero-order valence-corrected chi connectivity index (χ0v) is 12.4. The van der Waals surface area contributed by atoms with Crippen molar-refractivity contribution in [3.8, 4) is 11.4 Å². The predicted octanol–water partition coefficient (Wildman–Crippen LogP) is 2.94. The lowest BCUT2D eigenvalue weighted by Gasteiger charge is -2.22. The Bertz CT molecular complexity index is 622. The van der Waals surface area contributed by atoms with Gasteiger partial charge in [-0.05, 0) is 37.3 Å². The summed E-state index contributed by atoms with van der Waals surface area (Å²) < 4.78 is 5.66. The molecule has 0 bridgehead atoms. The molecule has 4 rings (SSSR count). The molecule has 1 aliphatic carbocycles. The third-order valence-corrected chi connectivity index (χ3v) is 5.26. The van der Waals surface area contributed by atoms with E-state index in [4.69, 9.17) is 9.51 Å². The molecule has 1 N–H and O–H groups in total. The summed E-state index contributed by atoms with van der Waals surface area (Å²) in [5.74, 6) is 2.22. The largest absolute Gasteiger partial charge is 0.338 e. The summed E-state index contributed by atoms with van der Waals surface area (Å²) in [4.78, 5) is 4.73. The zero-order chi connectivity index (χ0) is 14.3. The number of hydrogen-bond donors (Lipinski definition) is 1. The number of rotatable bonds is 3. The van der Waals surface area contributed by atoms with Crippen molar-refractivity contribution in [2.75, 3.05) is 13.1 Å². The second-order valence-corrected chi connectivity index (χ2v) is 6.35. The fourth-order valence-corrected chi connectivity index (χ4v) is 3.93. The number of nitrogens with zero attached hydrogens (tertiary/aromatic N) is 2. The molecule has 1 aromatic carbocycles. The summed E-state index contributed by atoms with van der Waals surface area (Å²) in [5.41, 5.74) is 2.46. The third kappa shape index (κ3) is 2.01.